The third-order valence-corrected chi connectivity index (χ3v) is 2.18. The van der Waals surface area contributed by atoms with Crippen molar-refractivity contribution in [2.24, 2.45) is 0 Å². The summed E-state index contributed by atoms with van der Waals surface area (Å²) in [6.45, 7) is 3.58. The first-order valence-corrected chi connectivity index (χ1v) is 4.91. The van der Waals surface area contributed by atoms with Crippen LogP contribution in [0.2, 0.25) is 0 Å². The van der Waals surface area contributed by atoms with E-state index in [-0.39, 0.29) is 4.92 Å². The quantitative estimate of drug-likeness (QED) is 0.378. The first kappa shape index (κ1) is 12.4. The zero-order valence-electron chi connectivity index (χ0n) is 8.40. The Labute approximate surface area is 79.1 Å². The second kappa shape index (κ2) is 6.83. The Kier molecular flexibility index (Phi) is 6.49. The molecule has 78 valence electrons. The van der Waals surface area contributed by atoms with Crippen molar-refractivity contribution >= 4 is 0 Å². The summed E-state index contributed by atoms with van der Waals surface area (Å²) in [7, 11) is 0. The first-order chi connectivity index (χ1) is 6.09. The highest BCUT2D eigenvalue weighted by atomic mass is 16.6. The van der Waals surface area contributed by atoms with Crippen LogP contribution in [-0.4, -0.2) is 22.2 Å². The number of hydrogen-bond donors (Lipinski definition) is 1. The van der Waals surface area contributed by atoms with E-state index in [9.17, 15) is 10.1 Å². The Balaban J connectivity index is 3.64. The molecule has 0 saturated heterocycles. The van der Waals surface area contributed by atoms with Gasteiger partial charge in [0.1, 0.15) is 6.10 Å². The summed E-state index contributed by atoms with van der Waals surface area (Å²) < 4.78 is 0. The molecule has 0 aliphatic rings. The van der Waals surface area contributed by atoms with Crippen LogP contribution in [0.3, 0.4) is 0 Å². The number of aliphatic hydroxyl groups excluding tert-OH is 1. The normalized spacial score (nSPS) is 15.3. The molecule has 0 spiro atoms. The van der Waals surface area contributed by atoms with Gasteiger partial charge in [0.25, 0.3) is 0 Å². The molecule has 0 amide bonds. The molecule has 0 heterocycles. The number of hydrogen-bond acceptors (Lipinski definition) is 3. The average Bonchev–Trinajstić information content (AvgIpc) is 2.02. The fraction of sp³-hybridized carbons (Fsp3) is 1.00. The van der Waals surface area contributed by atoms with Crippen LogP contribution in [0.5, 0.6) is 0 Å². The lowest BCUT2D eigenvalue weighted by molar-refractivity contribution is -0.534. The van der Waals surface area contributed by atoms with Crippen LogP contribution in [0, 0.1) is 10.1 Å². The molecule has 0 aliphatic carbocycles. The molecule has 0 saturated carbocycles. The maximum Gasteiger partial charge on any atom is 0.238 e. The fourth-order valence-electron chi connectivity index (χ4n) is 1.30. The molecule has 13 heavy (non-hydrogen) atoms. The largest absolute Gasteiger partial charge is 0.386 e. The van der Waals surface area contributed by atoms with E-state index < -0.39 is 12.1 Å². The minimum atomic E-state index is -0.836. The summed E-state index contributed by atoms with van der Waals surface area (Å²) >= 11 is 0. The molecule has 0 aromatic heterocycles. The zero-order chi connectivity index (χ0) is 10.3. The Morgan fingerprint density at radius 1 is 1.38 bits per heavy atom. The molecule has 4 heteroatoms. The monoisotopic (exact) mass is 189 g/mol. The number of aliphatic hydroxyl groups is 1. The maximum atomic E-state index is 10.5. The van der Waals surface area contributed by atoms with E-state index in [1.54, 1.807) is 0 Å². The molecule has 4 nitrogen and oxygen atoms in total. The average molecular weight is 189 g/mol. The highest BCUT2D eigenvalue weighted by molar-refractivity contribution is 4.63. The van der Waals surface area contributed by atoms with Crippen molar-refractivity contribution in [3.63, 3.8) is 0 Å². The lowest BCUT2D eigenvalue weighted by atomic mass is 10.0. The summed E-state index contributed by atoms with van der Waals surface area (Å²) in [5.74, 6) is 0. The minimum Gasteiger partial charge on any atom is -0.386 e. The van der Waals surface area contributed by atoms with E-state index >= 15 is 0 Å². The zero-order valence-corrected chi connectivity index (χ0v) is 8.40. The van der Waals surface area contributed by atoms with Gasteiger partial charge in [-0.1, -0.05) is 26.2 Å². The summed E-state index contributed by atoms with van der Waals surface area (Å²) in [4.78, 5) is 10.1. The van der Waals surface area contributed by atoms with Crippen molar-refractivity contribution in [3.05, 3.63) is 10.1 Å². The van der Waals surface area contributed by atoms with Gasteiger partial charge >= 0.3 is 0 Å². The maximum absolute atomic E-state index is 10.5. The Bertz CT molecular complexity index is 148. The summed E-state index contributed by atoms with van der Waals surface area (Å²) in [5, 5.41) is 19.5. The number of unbranched alkanes of at least 4 members (excludes halogenated alkanes) is 3. The molecular formula is C9H19NO3. The Hall–Kier alpha value is -0.640. The second-order valence-corrected chi connectivity index (χ2v) is 3.44. The number of rotatable bonds is 7. The Morgan fingerprint density at radius 3 is 2.38 bits per heavy atom. The van der Waals surface area contributed by atoms with E-state index in [1.807, 2.05) is 0 Å². The van der Waals surface area contributed by atoms with Crippen molar-refractivity contribution in [1.29, 1.82) is 0 Å². The first-order valence-electron chi connectivity index (χ1n) is 4.91. The number of nitrogens with zero attached hydrogens (tertiary/aromatic N) is 1. The summed E-state index contributed by atoms with van der Waals surface area (Å²) in [6, 6.07) is -0.781. The standard InChI is InChI=1S/C9H19NO3/c1-3-4-5-6-7-9(8(2)11)10(12)13/h8-9,11H,3-7H2,1-2H3. The van der Waals surface area contributed by atoms with E-state index in [1.165, 1.54) is 6.92 Å². The van der Waals surface area contributed by atoms with Crippen molar-refractivity contribution in [1.82, 2.24) is 0 Å². The molecule has 2 unspecified atom stereocenters. The predicted molar refractivity (Wildman–Crippen MR) is 51.2 cm³/mol. The van der Waals surface area contributed by atoms with Gasteiger partial charge in [0, 0.05) is 11.3 Å². The van der Waals surface area contributed by atoms with Crippen LogP contribution in [0.25, 0.3) is 0 Å². The third kappa shape index (κ3) is 5.58. The molecule has 2 atom stereocenters. The SMILES string of the molecule is CCCCCCC(C(C)O)[N+](=O)[O-]. The predicted octanol–water partition coefficient (Wildman–Crippen LogP) is 1.98. The number of nitro groups is 1. The van der Waals surface area contributed by atoms with Gasteiger partial charge in [0.15, 0.2) is 0 Å². The molecule has 1 N–H and O–H groups in total. The van der Waals surface area contributed by atoms with Crippen molar-refractivity contribution in [2.45, 2.75) is 58.1 Å². The molecule has 0 radical (unpaired) electrons. The minimum absolute atomic E-state index is 0.378. The second-order valence-electron chi connectivity index (χ2n) is 3.44. The van der Waals surface area contributed by atoms with E-state index in [4.69, 9.17) is 5.11 Å². The van der Waals surface area contributed by atoms with Crippen LogP contribution < -0.4 is 0 Å². The lowest BCUT2D eigenvalue weighted by Crippen LogP contribution is -2.31. The van der Waals surface area contributed by atoms with Crippen LogP contribution >= 0.6 is 0 Å². The molecule has 0 aromatic carbocycles. The van der Waals surface area contributed by atoms with Gasteiger partial charge in [-0.15, -0.1) is 0 Å². The van der Waals surface area contributed by atoms with Crippen LogP contribution in [0.1, 0.15) is 46.0 Å². The molecule has 0 fully saturated rings. The molecule has 0 rings (SSSR count). The summed E-state index contributed by atoms with van der Waals surface area (Å²) in [5.41, 5.74) is 0. The van der Waals surface area contributed by atoms with Crippen LogP contribution in [-0.2, 0) is 0 Å². The van der Waals surface area contributed by atoms with Gasteiger partial charge in [-0.05, 0) is 13.3 Å². The van der Waals surface area contributed by atoms with E-state index in [0.717, 1.165) is 25.7 Å². The van der Waals surface area contributed by atoms with E-state index in [2.05, 4.69) is 6.92 Å². The van der Waals surface area contributed by atoms with Gasteiger partial charge in [0.05, 0.1) is 0 Å². The molecule has 0 aliphatic heterocycles. The van der Waals surface area contributed by atoms with Crippen LogP contribution in [0.4, 0.5) is 0 Å². The van der Waals surface area contributed by atoms with Crippen LogP contribution in [0.15, 0.2) is 0 Å². The fourth-order valence-corrected chi connectivity index (χ4v) is 1.30. The van der Waals surface area contributed by atoms with Gasteiger partial charge in [0.2, 0.25) is 6.04 Å². The molecule has 0 bridgehead atoms. The topological polar surface area (TPSA) is 63.4 Å². The van der Waals surface area contributed by atoms with Gasteiger partial charge < -0.3 is 5.11 Å². The van der Waals surface area contributed by atoms with Crippen molar-refractivity contribution in [3.8, 4) is 0 Å². The van der Waals surface area contributed by atoms with Gasteiger partial charge in [-0.2, -0.15) is 0 Å². The summed E-state index contributed by atoms with van der Waals surface area (Å²) in [6.07, 6.45) is 3.75. The van der Waals surface area contributed by atoms with Gasteiger partial charge in [-0.3, -0.25) is 10.1 Å². The van der Waals surface area contributed by atoms with Gasteiger partial charge in [-0.25, -0.2) is 0 Å². The lowest BCUT2D eigenvalue weighted by Gasteiger charge is -2.11. The van der Waals surface area contributed by atoms with Crippen molar-refractivity contribution < 1.29 is 10.0 Å². The Morgan fingerprint density at radius 2 is 2.00 bits per heavy atom. The molecule has 0 aromatic rings. The highest BCUT2D eigenvalue weighted by Gasteiger charge is 2.24. The third-order valence-electron chi connectivity index (χ3n) is 2.18. The van der Waals surface area contributed by atoms with Crippen molar-refractivity contribution in [2.75, 3.05) is 0 Å². The smallest absolute Gasteiger partial charge is 0.238 e. The van der Waals surface area contributed by atoms with E-state index in [0.29, 0.717) is 6.42 Å². The highest BCUT2D eigenvalue weighted by Crippen LogP contribution is 2.10. The molecular weight excluding hydrogens is 170 g/mol.